The Hall–Kier alpha value is -1.53. The third-order valence-electron chi connectivity index (χ3n) is 2.28. The van der Waals surface area contributed by atoms with Gasteiger partial charge < -0.3 is 4.98 Å². The molecular formula is C11H6BrN3OS. The van der Waals surface area contributed by atoms with Crippen LogP contribution in [0.3, 0.4) is 0 Å². The van der Waals surface area contributed by atoms with Crippen molar-refractivity contribution in [2.24, 2.45) is 0 Å². The summed E-state index contributed by atoms with van der Waals surface area (Å²) in [6.07, 6.45) is 1.67. The summed E-state index contributed by atoms with van der Waals surface area (Å²) in [7, 11) is 0. The highest BCUT2D eigenvalue weighted by Gasteiger charge is 2.07. The zero-order valence-electron chi connectivity index (χ0n) is 8.48. The Morgan fingerprint density at radius 3 is 2.94 bits per heavy atom. The molecule has 0 bridgehead atoms. The highest BCUT2D eigenvalue weighted by molar-refractivity contribution is 9.10. The predicted molar refractivity (Wildman–Crippen MR) is 71.2 cm³/mol. The summed E-state index contributed by atoms with van der Waals surface area (Å²) in [5.41, 5.74) is 1.24. The number of nitrogens with one attached hydrogen (secondary N) is 1. The molecule has 0 aliphatic carbocycles. The fourth-order valence-electron chi connectivity index (χ4n) is 1.51. The van der Waals surface area contributed by atoms with Gasteiger partial charge in [-0.25, -0.2) is 4.98 Å². The molecule has 0 aliphatic rings. The largest absolute Gasteiger partial charge is 0.304 e. The lowest BCUT2D eigenvalue weighted by Gasteiger charge is -1.99. The van der Waals surface area contributed by atoms with E-state index in [0.717, 1.165) is 4.47 Å². The van der Waals surface area contributed by atoms with E-state index < -0.39 is 0 Å². The molecule has 0 unspecified atom stereocenters. The molecule has 1 N–H and O–H groups in total. The second kappa shape index (κ2) is 4.05. The van der Waals surface area contributed by atoms with Crippen molar-refractivity contribution in [2.75, 3.05) is 0 Å². The maximum absolute atomic E-state index is 11.8. The number of aromatic amines is 1. The molecule has 6 heteroatoms. The average molecular weight is 308 g/mol. The third kappa shape index (κ3) is 1.89. The third-order valence-corrected chi connectivity index (χ3v) is 3.66. The van der Waals surface area contributed by atoms with E-state index in [2.05, 4.69) is 30.9 Å². The predicted octanol–water partition coefficient (Wildman–Crippen LogP) is 2.81. The maximum atomic E-state index is 11.8. The van der Waals surface area contributed by atoms with Gasteiger partial charge in [0.2, 0.25) is 0 Å². The molecule has 84 valence electrons. The summed E-state index contributed by atoms with van der Waals surface area (Å²) in [5.74, 6) is 0.494. The number of H-pyrrole nitrogens is 1. The number of hydrogen-bond acceptors (Lipinski definition) is 4. The normalized spacial score (nSPS) is 10.9. The Bertz CT molecular complexity index is 732. The van der Waals surface area contributed by atoms with Gasteiger partial charge in [0.05, 0.1) is 5.52 Å². The van der Waals surface area contributed by atoms with Crippen LogP contribution in [0, 0.1) is 0 Å². The first kappa shape index (κ1) is 10.6. The van der Waals surface area contributed by atoms with E-state index >= 15 is 0 Å². The molecule has 0 amide bonds. The van der Waals surface area contributed by atoms with Crippen LogP contribution in [0.2, 0.25) is 0 Å². The zero-order chi connectivity index (χ0) is 11.8. The van der Waals surface area contributed by atoms with Gasteiger partial charge in [0.25, 0.3) is 5.56 Å². The number of halogens is 1. The first-order chi connectivity index (χ1) is 8.24. The van der Waals surface area contributed by atoms with Gasteiger partial charge in [-0.05, 0) is 39.5 Å². The van der Waals surface area contributed by atoms with Crippen molar-refractivity contribution in [3.05, 3.63) is 44.6 Å². The lowest BCUT2D eigenvalue weighted by molar-refractivity contribution is 1.15. The topological polar surface area (TPSA) is 58.6 Å². The molecule has 0 spiro atoms. The van der Waals surface area contributed by atoms with E-state index in [1.165, 1.54) is 11.3 Å². The van der Waals surface area contributed by atoms with Crippen molar-refractivity contribution in [2.45, 2.75) is 0 Å². The summed E-state index contributed by atoms with van der Waals surface area (Å²) in [6, 6.07) is 5.50. The minimum atomic E-state index is -0.121. The van der Waals surface area contributed by atoms with E-state index in [-0.39, 0.29) is 5.56 Å². The van der Waals surface area contributed by atoms with Crippen molar-refractivity contribution in [3.8, 4) is 11.5 Å². The maximum Gasteiger partial charge on any atom is 0.269 e. The minimum absolute atomic E-state index is 0.121. The zero-order valence-corrected chi connectivity index (χ0v) is 10.9. The Kier molecular flexibility index (Phi) is 2.53. The first-order valence-electron chi connectivity index (χ1n) is 4.83. The van der Waals surface area contributed by atoms with Crippen LogP contribution in [0.4, 0.5) is 0 Å². The molecule has 3 heterocycles. The second-order valence-corrected chi connectivity index (χ2v) is 5.24. The molecule has 0 fully saturated rings. The van der Waals surface area contributed by atoms with E-state index in [9.17, 15) is 4.79 Å². The molecule has 3 rings (SSSR count). The highest BCUT2D eigenvalue weighted by atomic mass is 79.9. The van der Waals surface area contributed by atoms with Gasteiger partial charge in [-0.3, -0.25) is 9.78 Å². The second-order valence-electron chi connectivity index (χ2n) is 3.41. The summed E-state index contributed by atoms with van der Waals surface area (Å²) in [4.78, 5) is 23.1. The van der Waals surface area contributed by atoms with Crippen LogP contribution in [0.1, 0.15) is 0 Å². The van der Waals surface area contributed by atoms with Crippen LogP contribution in [-0.4, -0.2) is 15.0 Å². The summed E-state index contributed by atoms with van der Waals surface area (Å²) >= 11 is 4.70. The molecule has 0 aliphatic heterocycles. The molecule has 0 saturated heterocycles. The Labute approximate surface area is 108 Å². The van der Waals surface area contributed by atoms with Crippen LogP contribution in [-0.2, 0) is 0 Å². The Morgan fingerprint density at radius 2 is 2.18 bits per heavy atom. The van der Waals surface area contributed by atoms with Crippen LogP contribution >= 0.6 is 27.3 Å². The summed E-state index contributed by atoms with van der Waals surface area (Å²) in [5, 5.41) is 1.85. The van der Waals surface area contributed by atoms with Gasteiger partial charge in [0, 0.05) is 10.7 Å². The van der Waals surface area contributed by atoms with Crippen molar-refractivity contribution in [1.82, 2.24) is 15.0 Å². The summed E-state index contributed by atoms with van der Waals surface area (Å²) < 4.78 is 1.53. The quantitative estimate of drug-likeness (QED) is 0.752. The van der Waals surface area contributed by atoms with Gasteiger partial charge in [-0.15, -0.1) is 11.3 Å². The number of rotatable bonds is 1. The van der Waals surface area contributed by atoms with Crippen molar-refractivity contribution in [1.29, 1.82) is 0 Å². The Morgan fingerprint density at radius 1 is 1.29 bits per heavy atom. The number of hydrogen-bond donors (Lipinski definition) is 1. The van der Waals surface area contributed by atoms with E-state index in [4.69, 9.17) is 0 Å². The monoisotopic (exact) mass is 307 g/mol. The van der Waals surface area contributed by atoms with E-state index in [0.29, 0.717) is 21.7 Å². The molecule has 0 radical (unpaired) electrons. The summed E-state index contributed by atoms with van der Waals surface area (Å²) in [6.45, 7) is 0. The lowest BCUT2D eigenvalue weighted by Crippen LogP contribution is -2.08. The van der Waals surface area contributed by atoms with Crippen LogP contribution < -0.4 is 5.56 Å². The van der Waals surface area contributed by atoms with Gasteiger partial charge in [-0.2, -0.15) is 0 Å². The lowest BCUT2D eigenvalue weighted by atomic mass is 10.3. The van der Waals surface area contributed by atoms with Gasteiger partial charge >= 0.3 is 0 Å². The first-order valence-corrected chi connectivity index (χ1v) is 6.51. The SMILES string of the molecule is O=c1[nH]c(-c2ccc(Br)cn2)nc2ccsc12. The van der Waals surface area contributed by atoms with Crippen molar-refractivity contribution < 1.29 is 0 Å². The van der Waals surface area contributed by atoms with E-state index in [1.54, 1.807) is 12.3 Å². The number of pyridine rings is 1. The molecule has 4 nitrogen and oxygen atoms in total. The minimum Gasteiger partial charge on any atom is -0.304 e. The fourth-order valence-corrected chi connectivity index (χ4v) is 2.47. The molecular weight excluding hydrogens is 302 g/mol. The fraction of sp³-hybridized carbons (Fsp3) is 0. The Balaban J connectivity index is 2.23. The molecule has 0 aromatic carbocycles. The molecule has 3 aromatic heterocycles. The smallest absolute Gasteiger partial charge is 0.269 e. The number of thiophene rings is 1. The van der Waals surface area contributed by atoms with Crippen LogP contribution in [0.5, 0.6) is 0 Å². The standard InChI is InChI=1S/C11H6BrN3OS/c12-6-1-2-8(13-5-6)10-14-7-3-4-17-9(7)11(16)15-10/h1-5H,(H,14,15,16). The molecule has 3 aromatic rings. The van der Waals surface area contributed by atoms with Gasteiger partial charge in [0.15, 0.2) is 5.82 Å². The molecule has 0 saturated carbocycles. The van der Waals surface area contributed by atoms with Gasteiger partial charge in [0.1, 0.15) is 10.4 Å². The van der Waals surface area contributed by atoms with Gasteiger partial charge in [-0.1, -0.05) is 0 Å². The van der Waals surface area contributed by atoms with Crippen molar-refractivity contribution >= 4 is 37.5 Å². The molecule has 17 heavy (non-hydrogen) atoms. The number of fused-ring (bicyclic) bond motifs is 1. The number of nitrogens with zero attached hydrogens (tertiary/aromatic N) is 2. The highest BCUT2D eigenvalue weighted by Crippen LogP contribution is 2.18. The van der Waals surface area contributed by atoms with Crippen LogP contribution in [0.15, 0.2) is 39.0 Å². The molecule has 0 atom stereocenters. The van der Waals surface area contributed by atoms with Crippen LogP contribution in [0.25, 0.3) is 21.7 Å². The number of aromatic nitrogens is 3. The van der Waals surface area contributed by atoms with Crippen molar-refractivity contribution in [3.63, 3.8) is 0 Å². The average Bonchev–Trinajstić information content (AvgIpc) is 2.78. The van der Waals surface area contributed by atoms with E-state index in [1.807, 2.05) is 17.5 Å².